The van der Waals surface area contributed by atoms with Crippen LogP contribution in [0.25, 0.3) is 6.08 Å². The van der Waals surface area contributed by atoms with Crippen LogP contribution in [0.1, 0.15) is 21.5 Å². The van der Waals surface area contributed by atoms with Crippen LogP contribution in [-0.2, 0) is 6.61 Å². The van der Waals surface area contributed by atoms with E-state index in [0.717, 1.165) is 23.3 Å². The summed E-state index contributed by atoms with van der Waals surface area (Å²) < 4.78 is 5.70. The maximum Gasteiger partial charge on any atom is 0.193 e. The molecule has 0 aliphatic heterocycles. The predicted molar refractivity (Wildman–Crippen MR) is 102 cm³/mol. The molecule has 0 aliphatic rings. The first-order valence-corrected chi connectivity index (χ1v) is 8.27. The van der Waals surface area contributed by atoms with Gasteiger partial charge in [-0.3, -0.25) is 4.79 Å². The summed E-state index contributed by atoms with van der Waals surface area (Å²) >= 11 is 0. The van der Waals surface area contributed by atoms with Crippen molar-refractivity contribution in [3.8, 4) is 23.0 Å². The largest absolute Gasteiger partial charge is 0.508 e. The first kappa shape index (κ1) is 18.1. The van der Waals surface area contributed by atoms with Gasteiger partial charge in [0.15, 0.2) is 5.78 Å². The third-order valence-electron chi connectivity index (χ3n) is 3.88. The average molecular weight is 362 g/mol. The predicted octanol–water partition coefficient (Wildman–Crippen LogP) is 4.28. The first-order chi connectivity index (χ1) is 13.0. The summed E-state index contributed by atoms with van der Waals surface area (Å²) in [6.07, 6.45) is 2.81. The number of ether oxygens (including phenoxy) is 1. The van der Waals surface area contributed by atoms with Crippen LogP contribution in [0.3, 0.4) is 0 Å². The van der Waals surface area contributed by atoms with E-state index in [1.54, 1.807) is 30.3 Å². The molecule has 0 aliphatic carbocycles. The number of aromatic hydroxyl groups is 3. The fourth-order valence-electron chi connectivity index (χ4n) is 2.52. The second kappa shape index (κ2) is 8.10. The van der Waals surface area contributed by atoms with Crippen molar-refractivity contribution in [3.05, 3.63) is 89.5 Å². The lowest BCUT2D eigenvalue weighted by Crippen LogP contribution is -1.96. The highest BCUT2D eigenvalue weighted by molar-refractivity contribution is 6.10. The van der Waals surface area contributed by atoms with E-state index >= 15 is 0 Å². The molecule has 0 atom stereocenters. The molecule has 0 heterocycles. The highest BCUT2D eigenvalue weighted by Crippen LogP contribution is 2.32. The quantitative estimate of drug-likeness (QED) is 0.450. The standard InChI is InChI=1S/C22H18O5/c23-17-12-20(25)22(21(26)13-17)19(24)11-8-15-6-9-18(10-7-15)27-14-16-4-2-1-3-5-16/h1-13,23,25-26H,14H2/b11-8+. The Bertz CT molecular complexity index is 937. The molecular formula is C22H18O5. The normalized spacial score (nSPS) is 10.8. The summed E-state index contributed by atoms with van der Waals surface area (Å²) in [6, 6.07) is 19.0. The molecule has 0 spiro atoms. The molecule has 27 heavy (non-hydrogen) atoms. The van der Waals surface area contributed by atoms with Crippen molar-refractivity contribution in [2.45, 2.75) is 6.61 Å². The van der Waals surface area contributed by atoms with Crippen molar-refractivity contribution in [1.82, 2.24) is 0 Å². The number of rotatable bonds is 6. The van der Waals surface area contributed by atoms with Crippen LogP contribution in [0.4, 0.5) is 0 Å². The number of phenolic OH excluding ortho intramolecular Hbond substituents is 3. The molecule has 0 saturated heterocycles. The van der Waals surface area contributed by atoms with Gasteiger partial charge in [-0.05, 0) is 29.3 Å². The van der Waals surface area contributed by atoms with Gasteiger partial charge in [0.2, 0.25) is 0 Å². The molecule has 3 aromatic rings. The number of benzene rings is 3. The fraction of sp³-hybridized carbons (Fsp3) is 0.0455. The van der Waals surface area contributed by atoms with Gasteiger partial charge >= 0.3 is 0 Å². The van der Waals surface area contributed by atoms with Crippen molar-refractivity contribution < 1.29 is 24.9 Å². The first-order valence-electron chi connectivity index (χ1n) is 8.27. The van der Waals surface area contributed by atoms with Crippen molar-refractivity contribution in [2.75, 3.05) is 0 Å². The molecule has 0 radical (unpaired) electrons. The minimum atomic E-state index is -0.575. The molecule has 0 bridgehead atoms. The minimum Gasteiger partial charge on any atom is -0.508 e. The van der Waals surface area contributed by atoms with Gasteiger partial charge in [0.05, 0.1) is 0 Å². The van der Waals surface area contributed by atoms with Gasteiger partial charge in [0.1, 0.15) is 35.2 Å². The van der Waals surface area contributed by atoms with Crippen molar-refractivity contribution >= 4 is 11.9 Å². The molecule has 0 aromatic heterocycles. The Morgan fingerprint density at radius 2 is 1.52 bits per heavy atom. The highest BCUT2D eigenvalue weighted by Gasteiger charge is 2.15. The van der Waals surface area contributed by atoms with Gasteiger partial charge in [-0.1, -0.05) is 48.5 Å². The molecule has 3 rings (SSSR count). The Labute approximate surface area is 156 Å². The third kappa shape index (κ3) is 4.67. The number of ketones is 1. The maximum absolute atomic E-state index is 12.2. The second-order valence-corrected chi connectivity index (χ2v) is 5.90. The van der Waals surface area contributed by atoms with E-state index in [9.17, 15) is 20.1 Å². The van der Waals surface area contributed by atoms with E-state index in [0.29, 0.717) is 12.4 Å². The lowest BCUT2D eigenvalue weighted by Gasteiger charge is -2.06. The monoisotopic (exact) mass is 362 g/mol. The Morgan fingerprint density at radius 3 is 2.15 bits per heavy atom. The van der Waals surface area contributed by atoms with E-state index in [1.165, 1.54) is 6.08 Å². The van der Waals surface area contributed by atoms with Crippen LogP contribution in [0.5, 0.6) is 23.0 Å². The van der Waals surface area contributed by atoms with Crippen molar-refractivity contribution in [2.24, 2.45) is 0 Å². The SMILES string of the molecule is O=C(/C=C/c1ccc(OCc2ccccc2)cc1)c1c(O)cc(O)cc1O. The van der Waals surface area contributed by atoms with Gasteiger partial charge in [0, 0.05) is 12.1 Å². The molecule has 0 fully saturated rings. The molecule has 3 aromatic carbocycles. The number of hydrogen-bond acceptors (Lipinski definition) is 5. The average Bonchev–Trinajstić information content (AvgIpc) is 2.65. The molecule has 0 saturated carbocycles. The number of allylic oxidation sites excluding steroid dienone is 1. The second-order valence-electron chi connectivity index (χ2n) is 5.90. The third-order valence-corrected chi connectivity index (χ3v) is 3.88. The summed E-state index contributed by atoms with van der Waals surface area (Å²) in [5.41, 5.74) is 1.57. The molecule has 136 valence electrons. The van der Waals surface area contributed by atoms with Crippen LogP contribution < -0.4 is 4.74 Å². The van der Waals surface area contributed by atoms with Crippen LogP contribution in [0.2, 0.25) is 0 Å². The van der Waals surface area contributed by atoms with Crippen LogP contribution >= 0.6 is 0 Å². The molecule has 0 unspecified atom stereocenters. The summed E-state index contributed by atoms with van der Waals surface area (Å²) in [7, 11) is 0. The summed E-state index contributed by atoms with van der Waals surface area (Å²) in [5, 5.41) is 28.8. The van der Waals surface area contributed by atoms with Crippen LogP contribution in [-0.4, -0.2) is 21.1 Å². The smallest absolute Gasteiger partial charge is 0.193 e. The van der Waals surface area contributed by atoms with Gasteiger partial charge < -0.3 is 20.1 Å². The highest BCUT2D eigenvalue weighted by atomic mass is 16.5. The van der Waals surface area contributed by atoms with E-state index in [1.807, 2.05) is 30.3 Å². The Balaban J connectivity index is 1.65. The number of hydrogen-bond donors (Lipinski definition) is 3. The fourth-order valence-corrected chi connectivity index (χ4v) is 2.52. The van der Waals surface area contributed by atoms with Crippen LogP contribution in [0, 0.1) is 0 Å². The lowest BCUT2D eigenvalue weighted by molar-refractivity contribution is 0.104. The Morgan fingerprint density at radius 1 is 0.889 bits per heavy atom. The van der Waals surface area contributed by atoms with E-state index in [2.05, 4.69) is 0 Å². The molecule has 5 heteroatoms. The topological polar surface area (TPSA) is 87.0 Å². The van der Waals surface area contributed by atoms with Crippen LogP contribution in [0.15, 0.2) is 72.8 Å². The zero-order chi connectivity index (χ0) is 19.2. The lowest BCUT2D eigenvalue weighted by atomic mass is 10.1. The molecule has 0 amide bonds. The van der Waals surface area contributed by atoms with Gasteiger partial charge in [-0.2, -0.15) is 0 Å². The van der Waals surface area contributed by atoms with E-state index in [4.69, 9.17) is 4.74 Å². The minimum absolute atomic E-state index is 0.258. The van der Waals surface area contributed by atoms with Crippen molar-refractivity contribution in [3.63, 3.8) is 0 Å². The maximum atomic E-state index is 12.2. The van der Waals surface area contributed by atoms with E-state index in [-0.39, 0.29) is 11.3 Å². The molecular weight excluding hydrogens is 344 g/mol. The van der Waals surface area contributed by atoms with Crippen molar-refractivity contribution in [1.29, 1.82) is 0 Å². The number of phenols is 3. The zero-order valence-electron chi connectivity index (χ0n) is 14.4. The summed E-state index contributed by atoms with van der Waals surface area (Å²) in [4.78, 5) is 12.2. The Kier molecular flexibility index (Phi) is 5.42. The van der Waals surface area contributed by atoms with E-state index < -0.39 is 17.3 Å². The number of carbonyl (C=O) groups is 1. The Hall–Kier alpha value is -3.73. The summed E-state index contributed by atoms with van der Waals surface area (Å²) in [5.74, 6) is -1.15. The zero-order valence-corrected chi connectivity index (χ0v) is 14.4. The molecule has 3 N–H and O–H groups in total. The summed E-state index contributed by atoms with van der Waals surface area (Å²) in [6.45, 7) is 0.466. The number of carbonyl (C=O) groups excluding carboxylic acids is 1. The van der Waals surface area contributed by atoms with Gasteiger partial charge in [0.25, 0.3) is 0 Å². The van der Waals surface area contributed by atoms with Gasteiger partial charge in [-0.15, -0.1) is 0 Å². The molecule has 5 nitrogen and oxygen atoms in total. The van der Waals surface area contributed by atoms with Gasteiger partial charge in [-0.25, -0.2) is 0 Å².